The van der Waals surface area contributed by atoms with Gasteiger partial charge in [-0.1, -0.05) is 0 Å². The van der Waals surface area contributed by atoms with Gasteiger partial charge in [0.1, 0.15) is 11.5 Å². The van der Waals surface area contributed by atoms with Crippen molar-refractivity contribution < 1.29 is 13.4 Å². The maximum atomic E-state index is 12.1. The van der Waals surface area contributed by atoms with Gasteiger partial charge in [-0.3, -0.25) is 4.21 Å². The van der Waals surface area contributed by atoms with E-state index in [1.54, 1.807) is 0 Å². The van der Waals surface area contributed by atoms with Crippen LogP contribution in [0, 0.1) is 0 Å². The van der Waals surface area contributed by atoms with E-state index in [1.807, 2.05) is 19.1 Å². The Bertz CT molecular complexity index is 377. The third-order valence-corrected chi connectivity index (χ3v) is 4.71. The Kier molecular flexibility index (Phi) is 3.78. The first-order valence-electron chi connectivity index (χ1n) is 5.47. The average molecular weight is 243 g/mol. The number of nitrogens with two attached hydrogens (primary N) is 1. The Morgan fingerprint density at radius 2 is 2.25 bits per heavy atom. The predicted octanol–water partition coefficient (Wildman–Crippen LogP) is 1.16. The van der Waals surface area contributed by atoms with E-state index in [-0.39, 0.29) is 11.4 Å². The van der Waals surface area contributed by atoms with E-state index in [4.69, 9.17) is 14.9 Å². The van der Waals surface area contributed by atoms with Crippen LogP contribution in [0.5, 0.6) is 0 Å². The van der Waals surface area contributed by atoms with Gasteiger partial charge in [0.25, 0.3) is 0 Å². The molecule has 0 bridgehead atoms. The Hall–Kier alpha value is -0.650. The minimum Gasteiger partial charge on any atom is -0.464 e. The van der Waals surface area contributed by atoms with Gasteiger partial charge >= 0.3 is 0 Å². The number of ether oxygens (including phenoxy) is 1. The summed E-state index contributed by atoms with van der Waals surface area (Å²) in [5.41, 5.74) is 5.45. The van der Waals surface area contributed by atoms with E-state index >= 15 is 0 Å². The van der Waals surface area contributed by atoms with Gasteiger partial charge in [0.2, 0.25) is 0 Å². The Labute approximate surface area is 97.6 Å². The van der Waals surface area contributed by atoms with Crippen molar-refractivity contribution in [3.8, 4) is 0 Å². The summed E-state index contributed by atoms with van der Waals surface area (Å²) in [6.07, 6.45) is 0.961. The Balaban J connectivity index is 1.96. The summed E-state index contributed by atoms with van der Waals surface area (Å²) >= 11 is 0. The van der Waals surface area contributed by atoms with Crippen LogP contribution in [-0.2, 0) is 27.8 Å². The summed E-state index contributed by atoms with van der Waals surface area (Å²) < 4.78 is 22.9. The van der Waals surface area contributed by atoms with Crippen LogP contribution >= 0.6 is 0 Å². The first kappa shape index (κ1) is 11.8. The van der Waals surface area contributed by atoms with Crippen LogP contribution in [0.15, 0.2) is 16.5 Å². The topological polar surface area (TPSA) is 65.5 Å². The van der Waals surface area contributed by atoms with Crippen LogP contribution in [0.1, 0.15) is 24.9 Å². The maximum absolute atomic E-state index is 12.1. The molecule has 0 saturated carbocycles. The fourth-order valence-electron chi connectivity index (χ4n) is 1.91. The average Bonchev–Trinajstić information content (AvgIpc) is 2.86. The largest absolute Gasteiger partial charge is 0.464 e. The molecule has 1 aliphatic heterocycles. The first-order chi connectivity index (χ1) is 7.70. The second-order valence-electron chi connectivity index (χ2n) is 4.00. The minimum absolute atomic E-state index is 0.0878. The Morgan fingerprint density at radius 1 is 1.50 bits per heavy atom. The second-order valence-corrected chi connectivity index (χ2v) is 5.66. The molecule has 90 valence electrons. The molecule has 2 heterocycles. The highest BCUT2D eigenvalue weighted by atomic mass is 32.2. The number of hydrogen-bond acceptors (Lipinski definition) is 4. The van der Waals surface area contributed by atoms with Gasteiger partial charge in [-0.25, -0.2) is 0 Å². The van der Waals surface area contributed by atoms with Gasteiger partial charge in [-0.2, -0.15) is 0 Å². The van der Waals surface area contributed by atoms with E-state index in [0.29, 0.717) is 18.9 Å². The first-order valence-corrected chi connectivity index (χ1v) is 6.85. The SMILES string of the molecule is CC1OCCC1S(=O)Cc1ccc(CN)o1. The maximum Gasteiger partial charge on any atom is 0.117 e. The van der Waals surface area contributed by atoms with Crippen molar-refractivity contribution in [3.63, 3.8) is 0 Å². The highest BCUT2D eigenvalue weighted by Crippen LogP contribution is 2.21. The van der Waals surface area contributed by atoms with Crippen molar-refractivity contribution in [3.05, 3.63) is 23.7 Å². The molecule has 16 heavy (non-hydrogen) atoms. The zero-order valence-electron chi connectivity index (χ0n) is 9.35. The highest BCUT2D eigenvalue weighted by Gasteiger charge is 2.29. The van der Waals surface area contributed by atoms with Crippen LogP contribution in [0.2, 0.25) is 0 Å². The second kappa shape index (κ2) is 5.12. The van der Waals surface area contributed by atoms with Crippen LogP contribution in [-0.4, -0.2) is 22.2 Å². The number of furan rings is 1. The molecule has 1 aromatic heterocycles. The number of hydrogen-bond donors (Lipinski definition) is 1. The zero-order valence-corrected chi connectivity index (χ0v) is 10.2. The lowest BCUT2D eigenvalue weighted by atomic mass is 10.3. The van der Waals surface area contributed by atoms with Crippen molar-refractivity contribution in [2.24, 2.45) is 5.73 Å². The normalized spacial score (nSPS) is 27.1. The van der Waals surface area contributed by atoms with Gasteiger partial charge in [0.05, 0.1) is 23.7 Å². The molecule has 0 radical (unpaired) electrons. The van der Waals surface area contributed by atoms with Gasteiger partial charge in [-0.05, 0) is 25.5 Å². The van der Waals surface area contributed by atoms with Crippen molar-refractivity contribution in [1.82, 2.24) is 0 Å². The van der Waals surface area contributed by atoms with E-state index in [0.717, 1.165) is 17.9 Å². The van der Waals surface area contributed by atoms with Crippen molar-refractivity contribution in [1.29, 1.82) is 0 Å². The minimum atomic E-state index is -0.925. The molecule has 0 aliphatic carbocycles. The predicted molar refractivity (Wildman–Crippen MR) is 62.3 cm³/mol. The molecule has 4 nitrogen and oxygen atoms in total. The fourth-order valence-corrected chi connectivity index (χ4v) is 3.43. The van der Waals surface area contributed by atoms with Crippen LogP contribution in [0.25, 0.3) is 0 Å². The zero-order chi connectivity index (χ0) is 11.5. The molecule has 1 saturated heterocycles. The van der Waals surface area contributed by atoms with Crippen LogP contribution < -0.4 is 5.73 Å². The summed E-state index contributed by atoms with van der Waals surface area (Å²) in [7, 11) is -0.925. The quantitative estimate of drug-likeness (QED) is 0.862. The lowest BCUT2D eigenvalue weighted by Crippen LogP contribution is -2.23. The van der Waals surface area contributed by atoms with Crippen molar-refractivity contribution in [2.75, 3.05) is 6.61 Å². The fraction of sp³-hybridized carbons (Fsp3) is 0.636. The molecule has 1 aromatic rings. The standard InChI is InChI=1S/C11H17NO3S/c1-8-11(4-5-14-8)16(13)7-10-3-2-9(6-12)15-10/h2-3,8,11H,4-7,12H2,1H3. The summed E-state index contributed by atoms with van der Waals surface area (Å²) in [6, 6.07) is 3.68. The van der Waals surface area contributed by atoms with E-state index < -0.39 is 10.8 Å². The van der Waals surface area contributed by atoms with Gasteiger partial charge in [0.15, 0.2) is 0 Å². The van der Waals surface area contributed by atoms with Gasteiger partial charge < -0.3 is 14.9 Å². The molecule has 3 atom stereocenters. The molecular formula is C11H17NO3S. The molecule has 0 aromatic carbocycles. The summed E-state index contributed by atoms with van der Waals surface area (Å²) in [5.74, 6) is 1.94. The lowest BCUT2D eigenvalue weighted by Gasteiger charge is -2.12. The Morgan fingerprint density at radius 3 is 2.81 bits per heavy atom. The lowest BCUT2D eigenvalue weighted by molar-refractivity contribution is 0.127. The monoisotopic (exact) mass is 243 g/mol. The molecule has 2 N–H and O–H groups in total. The molecule has 1 aliphatic rings. The molecule has 2 rings (SSSR count). The summed E-state index contributed by atoms with van der Waals surface area (Å²) in [5, 5.41) is 0.131. The van der Waals surface area contributed by atoms with Crippen LogP contribution in [0.3, 0.4) is 0 Å². The van der Waals surface area contributed by atoms with E-state index in [1.165, 1.54) is 0 Å². The molecule has 5 heteroatoms. The van der Waals surface area contributed by atoms with Crippen molar-refractivity contribution >= 4 is 10.8 Å². The smallest absolute Gasteiger partial charge is 0.117 e. The van der Waals surface area contributed by atoms with E-state index in [2.05, 4.69) is 0 Å². The molecule has 0 spiro atoms. The number of rotatable bonds is 4. The molecule has 0 amide bonds. The third-order valence-electron chi connectivity index (χ3n) is 2.85. The van der Waals surface area contributed by atoms with E-state index in [9.17, 15) is 4.21 Å². The van der Waals surface area contributed by atoms with Crippen molar-refractivity contribution in [2.45, 2.75) is 37.0 Å². The molecular weight excluding hydrogens is 226 g/mol. The highest BCUT2D eigenvalue weighted by molar-refractivity contribution is 7.84. The molecule has 3 unspecified atom stereocenters. The molecule has 1 fully saturated rings. The summed E-state index contributed by atoms with van der Waals surface area (Å²) in [6.45, 7) is 3.07. The van der Waals surface area contributed by atoms with Gasteiger partial charge in [-0.15, -0.1) is 0 Å². The van der Waals surface area contributed by atoms with Crippen LogP contribution in [0.4, 0.5) is 0 Å². The summed E-state index contributed by atoms with van der Waals surface area (Å²) in [4.78, 5) is 0. The van der Waals surface area contributed by atoms with Gasteiger partial charge in [0, 0.05) is 17.4 Å². The third kappa shape index (κ3) is 2.53.